The van der Waals surface area contributed by atoms with Crippen molar-refractivity contribution in [3.63, 3.8) is 0 Å². The SMILES string of the molecule is O=C(CC(=O)N1CCc2ccccc21)Nc1ccc(OCc2ccccc2)cc1. The van der Waals surface area contributed by atoms with Crippen molar-refractivity contribution in [1.29, 1.82) is 0 Å². The van der Waals surface area contributed by atoms with E-state index in [1.165, 1.54) is 0 Å². The van der Waals surface area contributed by atoms with Gasteiger partial charge in [0.15, 0.2) is 0 Å². The molecule has 1 heterocycles. The molecule has 0 aliphatic carbocycles. The number of fused-ring (bicyclic) bond motifs is 1. The van der Waals surface area contributed by atoms with Crippen LogP contribution in [0.2, 0.25) is 0 Å². The predicted octanol–water partition coefficient (Wildman–Crippen LogP) is 4.18. The quantitative estimate of drug-likeness (QED) is 0.647. The molecule has 0 aromatic heterocycles. The van der Waals surface area contributed by atoms with Crippen LogP contribution >= 0.6 is 0 Å². The standard InChI is InChI=1S/C24H22N2O3/c27-23(16-24(28)26-15-14-19-8-4-5-9-22(19)26)25-20-10-12-21(13-11-20)29-17-18-6-2-1-3-7-18/h1-13H,14-17H2,(H,25,27). The third-order valence-electron chi connectivity index (χ3n) is 4.89. The monoisotopic (exact) mass is 386 g/mol. The number of para-hydroxylation sites is 1. The molecule has 0 radical (unpaired) electrons. The van der Waals surface area contributed by atoms with Crippen molar-refractivity contribution >= 4 is 23.2 Å². The van der Waals surface area contributed by atoms with Crippen molar-refractivity contribution < 1.29 is 14.3 Å². The third kappa shape index (κ3) is 4.63. The zero-order valence-corrected chi connectivity index (χ0v) is 16.0. The van der Waals surface area contributed by atoms with Crippen molar-refractivity contribution in [1.82, 2.24) is 0 Å². The fourth-order valence-electron chi connectivity index (χ4n) is 3.41. The predicted molar refractivity (Wildman–Crippen MR) is 113 cm³/mol. The Bertz CT molecular complexity index is 1000. The Morgan fingerprint density at radius 3 is 2.41 bits per heavy atom. The van der Waals surface area contributed by atoms with Crippen molar-refractivity contribution in [2.75, 3.05) is 16.8 Å². The lowest BCUT2D eigenvalue weighted by molar-refractivity contribution is -0.125. The van der Waals surface area contributed by atoms with E-state index in [-0.39, 0.29) is 18.2 Å². The molecule has 0 bridgehead atoms. The van der Waals surface area contributed by atoms with Crippen LogP contribution < -0.4 is 15.0 Å². The largest absolute Gasteiger partial charge is 0.489 e. The summed E-state index contributed by atoms with van der Waals surface area (Å²) in [6.45, 7) is 1.11. The van der Waals surface area contributed by atoms with E-state index in [1.54, 1.807) is 29.2 Å². The van der Waals surface area contributed by atoms with Crippen LogP contribution in [-0.4, -0.2) is 18.4 Å². The first-order chi connectivity index (χ1) is 14.2. The summed E-state index contributed by atoms with van der Waals surface area (Å²) >= 11 is 0. The lowest BCUT2D eigenvalue weighted by atomic mass is 10.2. The number of nitrogens with one attached hydrogen (secondary N) is 1. The summed E-state index contributed by atoms with van der Waals surface area (Å²) in [4.78, 5) is 26.5. The maximum Gasteiger partial charge on any atom is 0.236 e. The second-order valence-electron chi connectivity index (χ2n) is 6.95. The normalized spacial score (nSPS) is 12.3. The Morgan fingerprint density at radius 2 is 1.62 bits per heavy atom. The number of anilines is 2. The molecule has 5 nitrogen and oxygen atoms in total. The lowest BCUT2D eigenvalue weighted by Gasteiger charge is -2.17. The fourth-order valence-corrected chi connectivity index (χ4v) is 3.41. The third-order valence-corrected chi connectivity index (χ3v) is 4.89. The van der Waals surface area contributed by atoms with Crippen molar-refractivity contribution in [2.24, 2.45) is 0 Å². The van der Waals surface area contributed by atoms with Crippen molar-refractivity contribution in [2.45, 2.75) is 19.4 Å². The molecule has 29 heavy (non-hydrogen) atoms. The molecule has 0 saturated carbocycles. The molecule has 0 fully saturated rings. The van der Waals surface area contributed by atoms with Gasteiger partial charge < -0.3 is 15.0 Å². The fraction of sp³-hybridized carbons (Fsp3) is 0.167. The summed E-state index contributed by atoms with van der Waals surface area (Å²) in [7, 11) is 0. The van der Waals surface area contributed by atoms with Gasteiger partial charge in [0.05, 0.1) is 0 Å². The first-order valence-corrected chi connectivity index (χ1v) is 9.64. The van der Waals surface area contributed by atoms with Crippen LogP contribution in [0.5, 0.6) is 5.75 Å². The Labute approximate surface area is 169 Å². The maximum absolute atomic E-state index is 12.5. The number of carbonyl (C=O) groups is 2. The Morgan fingerprint density at radius 1 is 0.897 bits per heavy atom. The van der Waals surface area contributed by atoms with Gasteiger partial charge in [-0.25, -0.2) is 0 Å². The summed E-state index contributed by atoms with van der Waals surface area (Å²) in [5, 5.41) is 2.78. The van der Waals surface area contributed by atoms with Gasteiger partial charge in [-0.2, -0.15) is 0 Å². The van der Waals surface area contributed by atoms with Gasteiger partial charge in [-0.1, -0.05) is 48.5 Å². The summed E-state index contributed by atoms with van der Waals surface area (Å²) in [5.74, 6) is 0.212. The van der Waals surface area contributed by atoms with E-state index in [4.69, 9.17) is 4.74 Å². The molecule has 146 valence electrons. The van der Waals surface area contributed by atoms with E-state index in [2.05, 4.69) is 5.32 Å². The highest BCUT2D eigenvalue weighted by Gasteiger charge is 2.25. The highest BCUT2D eigenvalue weighted by molar-refractivity contribution is 6.09. The molecule has 1 aliphatic heterocycles. The van der Waals surface area contributed by atoms with E-state index >= 15 is 0 Å². The summed E-state index contributed by atoms with van der Waals surface area (Å²) in [6, 6.07) is 24.9. The molecular weight excluding hydrogens is 364 g/mol. The Kier molecular flexibility index (Phi) is 5.56. The van der Waals surface area contributed by atoms with Crippen molar-refractivity contribution in [3.8, 4) is 5.75 Å². The zero-order chi connectivity index (χ0) is 20.1. The molecule has 4 rings (SSSR count). The molecule has 2 amide bonds. The highest BCUT2D eigenvalue weighted by Crippen LogP contribution is 2.28. The van der Waals surface area contributed by atoms with Crippen LogP contribution in [0.25, 0.3) is 0 Å². The average Bonchev–Trinajstić information content (AvgIpc) is 3.18. The number of nitrogens with zero attached hydrogens (tertiary/aromatic N) is 1. The lowest BCUT2D eigenvalue weighted by Crippen LogP contribution is -2.32. The average molecular weight is 386 g/mol. The summed E-state index contributed by atoms with van der Waals surface area (Å²) < 4.78 is 5.74. The van der Waals surface area contributed by atoms with Gasteiger partial charge >= 0.3 is 0 Å². The summed E-state index contributed by atoms with van der Waals surface area (Å²) in [5.41, 5.74) is 3.78. The van der Waals surface area contributed by atoms with Gasteiger partial charge in [0, 0.05) is 17.9 Å². The Hall–Kier alpha value is -3.60. The minimum atomic E-state index is -0.322. The topological polar surface area (TPSA) is 58.6 Å². The molecule has 0 spiro atoms. The summed E-state index contributed by atoms with van der Waals surface area (Å²) in [6.07, 6.45) is 0.647. The van der Waals surface area contributed by atoms with Crippen LogP contribution in [0.1, 0.15) is 17.5 Å². The molecule has 0 atom stereocenters. The van der Waals surface area contributed by atoms with Crippen molar-refractivity contribution in [3.05, 3.63) is 90.0 Å². The number of carbonyl (C=O) groups excluding carboxylic acids is 2. The van der Waals surface area contributed by atoms with Crippen LogP contribution in [0.3, 0.4) is 0 Å². The van der Waals surface area contributed by atoms with Crippen LogP contribution in [0, 0.1) is 0 Å². The van der Waals surface area contributed by atoms with Gasteiger partial charge in [-0.3, -0.25) is 9.59 Å². The number of hydrogen-bond donors (Lipinski definition) is 1. The van der Waals surface area contributed by atoms with E-state index in [9.17, 15) is 9.59 Å². The second-order valence-corrected chi connectivity index (χ2v) is 6.95. The minimum absolute atomic E-state index is 0.180. The first-order valence-electron chi connectivity index (χ1n) is 9.64. The number of benzene rings is 3. The van der Waals surface area contributed by atoms with Crippen LogP contribution in [-0.2, 0) is 22.6 Å². The number of ether oxygens (including phenoxy) is 1. The zero-order valence-electron chi connectivity index (χ0n) is 16.0. The van der Waals surface area contributed by atoms with Gasteiger partial charge in [0.25, 0.3) is 0 Å². The first kappa shape index (κ1) is 18.7. The minimum Gasteiger partial charge on any atom is -0.489 e. The molecule has 0 unspecified atom stereocenters. The number of rotatable bonds is 6. The number of amides is 2. The van der Waals surface area contributed by atoms with Gasteiger partial charge in [-0.15, -0.1) is 0 Å². The molecule has 3 aromatic rings. The molecule has 5 heteroatoms. The highest BCUT2D eigenvalue weighted by atomic mass is 16.5. The number of hydrogen-bond acceptors (Lipinski definition) is 3. The Balaban J connectivity index is 1.29. The van der Waals surface area contributed by atoms with Gasteiger partial charge in [0.1, 0.15) is 18.8 Å². The molecule has 1 aliphatic rings. The van der Waals surface area contributed by atoms with Gasteiger partial charge in [-0.05, 0) is 47.9 Å². The molecule has 1 N–H and O–H groups in total. The van der Waals surface area contributed by atoms with E-state index in [1.807, 2.05) is 54.6 Å². The van der Waals surface area contributed by atoms with E-state index in [0.717, 1.165) is 29.0 Å². The van der Waals surface area contributed by atoms with Crippen LogP contribution in [0.4, 0.5) is 11.4 Å². The molecule has 0 saturated heterocycles. The van der Waals surface area contributed by atoms with E-state index < -0.39 is 0 Å². The van der Waals surface area contributed by atoms with Gasteiger partial charge in [0.2, 0.25) is 11.8 Å². The smallest absolute Gasteiger partial charge is 0.236 e. The molecule has 3 aromatic carbocycles. The van der Waals surface area contributed by atoms with Crippen LogP contribution in [0.15, 0.2) is 78.9 Å². The second kappa shape index (κ2) is 8.61. The maximum atomic E-state index is 12.5. The molecular formula is C24H22N2O3. The van der Waals surface area contributed by atoms with E-state index in [0.29, 0.717) is 18.8 Å².